The van der Waals surface area contributed by atoms with Crippen LogP contribution in [-0.2, 0) is 0 Å². The average molecular weight is 384 g/mol. The van der Waals surface area contributed by atoms with Crippen LogP contribution in [0.4, 0.5) is 16.2 Å². The molecule has 1 fully saturated rings. The van der Waals surface area contributed by atoms with Crippen molar-refractivity contribution in [1.29, 1.82) is 0 Å². The third kappa shape index (κ3) is 4.98. The molecule has 0 radical (unpaired) electrons. The number of benzene rings is 2. The first-order valence-corrected chi connectivity index (χ1v) is 9.24. The van der Waals surface area contributed by atoms with Crippen LogP contribution < -0.4 is 15.4 Å². The molecule has 1 atom stereocenters. The topological polar surface area (TPSA) is 96.7 Å². The maximum atomic E-state index is 12.3. The molecule has 0 aliphatic carbocycles. The van der Waals surface area contributed by atoms with Crippen LogP contribution in [0.1, 0.15) is 24.4 Å². The van der Waals surface area contributed by atoms with Gasteiger partial charge in [-0.2, -0.15) is 0 Å². The smallest absolute Gasteiger partial charge is 0.319 e. The minimum absolute atomic E-state index is 0.0356. The van der Waals surface area contributed by atoms with Gasteiger partial charge < -0.3 is 15.4 Å². The third-order valence-electron chi connectivity index (χ3n) is 4.83. The van der Waals surface area contributed by atoms with E-state index >= 15 is 0 Å². The van der Waals surface area contributed by atoms with Crippen molar-refractivity contribution in [1.82, 2.24) is 10.2 Å². The summed E-state index contributed by atoms with van der Waals surface area (Å²) in [7, 11) is 1.63. The Hall–Kier alpha value is -3.13. The maximum absolute atomic E-state index is 12.3. The number of likely N-dealkylation sites (tertiary alicyclic amines) is 1. The minimum atomic E-state index is -0.491. The van der Waals surface area contributed by atoms with E-state index in [0.29, 0.717) is 12.2 Å². The molecule has 28 heavy (non-hydrogen) atoms. The molecule has 3 rings (SSSR count). The van der Waals surface area contributed by atoms with Gasteiger partial charge in [0.25, 0.3) is 5.69 Å². The van der Waals surface area contributed by atoms with Crippen molar-refractivity contribution in [2.45, 2.75) is 18.9 Å². The fourth-order valence-electron chi connectivity index (χ4n) is 3.42. The minimum Gasteiger partial charge on any atom is -0.497 e. The Balaban J connectivity index is 1.66. The lowest BCUT2D eigenvalue weighted by Gasteiger charge is -2.28. The van der Waals surface area contributed by atoms with Gasteiger partial charge in [0.2, 0.25) is 0 Å². The number of anilines is 1. The van der Waals surface area contributed by atoms with E-state index in [1.165, 1.54) is 18.2 Å². The molecule has 8 heteroatoms. The van der Waals surface area contributed by atoms with Crippen molar-refractivity contribution in [2.75, 3.05) is 32.1 Å². The van der Waals surface area contributed by atoms with Crippen LogP contribution in [0.15, 0.2) is 48.5 Å². The van der Waals surface area contributed by atoms with Crippen molar-refractivity contribution >= 4 is 17.4 Å². The molecule has 1 saturated heterocycles. The van der Waals surface area contributed by atoms with Crippen LogP contribution in [0, 0.1) is 10.1 Å². The molecular weight excluding hydrogens is 360 g/mol. The number of nitrogens with zero attached hydrogens (tertiary/aromatic N) is 2. The largest absolute Gasteiger partial charge is 0.497 e. The number of non-ortho nitro benzene ring substituents is 1. The van der Waals surface area contributed by atoms with Crippen molar-refractivity contribution < 1.29 is 14.5 Å². The van der Waals surface area contributed by atoms with Crippen LogP contribution >= 0.6 is 0 Å². The van der Waals surface area contributed by atoms with Gasteiger partial charge in [-0.25, -0.2) is 4.79 Å². The summed E-state index contributed by atoms with van der Waals surface area (Å²) < 4.78 is 5.33. The second kappa shape index (κ2) is 9.18. The highest BCUT2D eigenvalue weighted by Gasteiger charge is 2.24. The molecule has 1 aliphatic heterocycles. The summed E-state index contributed by atoms with van der Waals surface area (Å²) in [6.07, 6.45) is 2.28. The van der Waals surface area contributed by atoms with Crippen LogP contribution in [0.5, 0.6) is 5.75 Å². The number of ether oxygens (including phenoxy) is 1. The van der Waals surface area contributed by atoms with Crippen LogP contribution in [-0.4, -0.2) is 42.6 Å². The van der Waals surface area contributed by atoms with Crippen molar-refractivity contribution in [3.8, 4) is 5.75 Å². The van der Waals surface area contributed by atoms with Gasteiger partial charge in [-0.05, 0) is 49.7 Å². The van der Waals surface area contributed by atoms with Crippen LogP contribution in [0.2, 0.25) is 0 Å². The van der Waals surface area contributed by atoms with E-state index in [4.69, 9.17) is 4.74 Å². The lowest BCUT2D eigenvalue weighted by molar-refractivity contribution is -0.384. The predicted octanol–water partition coefficient (Wildman–Crippen LogP) is 3.56. The molecule has 8 nitrogen and oxygen atoms in total. The lowest BCUT2D eigenvalue weighted by Crippen LogP contribution is -2.38. The monoisotopic (exact) mass is 384 g/mol. The lowest BCUT2D eigenvalue weighted by atomic mass is 10.1. The van der Waals surface area contributed by atoms with Crippen molar-refractivity contribution in [3.63, 3.8) is 0 Å². The molecule has 0 saturated carbocycles. The summed E-state index contributed by atoms with van der Waals surface area (Å²) in [5.41, 5.74) is 1.40. The average Bonchev–Trinajstić information content (AvgIpc) is 3.23. The molecule has 2 N–H and O–H groups in total. The molecule has 0 spiro atoms. The van der Waals surface area contributed by atoms with Gasteiger partial charge in [-0.15, -0.1) is 0 Å². The van der Waals surface area contributed by atoms with E-state index < -0.39 is 11.0 Å². The van der Waals surface area contributed by atoms with Crippen molar-refractivity contribution in [2.24, 2.45) is 0 Å². The summed E-state index contributed by atoms with van der Waals surface area (Å²) >= 11 is 0. The molecular formula is C20H24N4O4. The fourth-order valence-corrected chi connectivity index (χ4v) is 3.42. The molecule has 2 aromatic carbocycles. The van der Waals surface area contributed by atoms with Gasteiger partial charge in [0.05, 0.1) is 18.1 Å². The molecule has 148 valence electrons. The predicted molar refractivity (Wildman–Crippen MR) is 107 cm³/mol. The Labute approximate surface area is 163 Å². The number of nitro benzene ring substituents is 1. The number of amides is 2. The Morgan fingerprint density at radius 3 is 2.68 bits per heavy atom. The van der Waals surface area contributed by atoms with E-state index in [1.807, 2.05) is 24.3 Å². The van der Waals surface area contributed by atoms with E-state index in [1.54, 1.807) is 13.2 Å². The number of nitro groups is 1. The number of rotatable bonds is 7. The highest BCUT2D eigenvalue weighted by atomic mass is 16.6. The Kier molecular flexibility index (Phi) is 6.44. The van der Waals surface area contributed by atoms with E-state index in [0.717, 1.165) is 37.2 Å². The number of hydrogen-bond acceptors (Lipinski definition) is 5. The Morgan fingerprint density at radius 1 is 1.21 bits per heavy atom. The van der Waals surface area contributed by atoms with E-state index in [9.17, 15) is 14.9 Å². The summed E-state index contributed by atoms with van der Waals surface area (Å²) in [4.78, 5) is 25.1. The van der Waals surface area contributed by atoms with Crippen LogP contribution in [0.25, 0.3) is 0 Å². The summed E-state index contributed by atoms with van der Waals surface area (Å²) in [5.74, 6) is 0.780. The normalized spacial score (nSPS) is 15.0. The number of carbonyl (C=O) groups is 1. The zero-order valence-corrected chi connectivity index (χ0v) is 15.8. The molecule has 1 aliphatic rings. The first-order valence-electron chi connectivity index (χ1n) is 9.24. The highest BCUT2D eigenvalue weighted by molar-refractivity contribution is 5.89. The Morgan fingerprint density at radius 2 is 1.96 bits per heavy atom. The quantitative estimate of drug-likeness (QED) is 0.562. The summed E-state index contributed by atoms with van der Waals surface area (Å²) in [6.45, 7) is 2.39. The third-order valence-corrected chi connectivity index (χ3v) is 4.83. The first-order chi connectivity index (χ1) is 13.6. The summed E-state index contributed by atoms with van der Waals surface area (Å²) in [6, 6.07) is 13.4. The molecule has 2 amide bonds. The van der Waals surface area contributed by atoms with Gasteiger partial charge in [-0.3, -0.25) is 15.0 Å². The van der Waals surface area contributed by atoms with Gasteiger partial charge in [0.1, 0.15) is 5.75 Å². The number of urea groups is 1. The van der Waals surface area contributed by atoms with E-state index in [2.05, 4.69) is 15.5 Å². The highest BCUT2D eigenvalue weighted by Crippen LogP contribution is 2.27. The van der Waals surface area contributed by atoms with Crippen LogP contribution in [0.3, 0.4) is 0 Å². The zero-order chi connectivity index (χ0) is 19.9. The fraction of sp³-hybridized carbons (Fsp3) is 0.350. The van der Waals surface area contributed by atoms with Gasteiger partial charge >= 0.3 is 6.03 Å². The standard InChI is InChI=1S/C20H24N4O4/c1-28-18-9-4-6-15(12-18)19(23-10-2-3-11-23)14-21-20(25)22-16-7-5-8-17(13-16)24(26)27/h4-9,12-13,19H,2-3,10-11,14H2,1H3,(H2,21,22,25)/t19-/m0/s1. The van der Waals surface area contributed by atoms with Gasteiger partial charge in [0, 0.05) is 24.4 Å². The second-order valence-corrected chi connectivity index (χ2v) is 6.68. The second-order valence-electron chi connectivity index (χ2n) is 6.68. The maximum Gasteiger partial charge on any atom is 0.319 e. The number of carbonyl (C=O) groups excluding carboxylic acids is 1. The first kappa shape index (κ1) is 19.6. The SMILES string of the molecule is COc1cccc([C@H](CNC(=O)Nc2cccc([N+](=O)[O-])c2)N2CCCC2)c1. The Bertz CT molecular complexity index is 836. The number of nitrogens with one attached hydrogen (secondary N) is 2. The number of methoxy groups -OCH3 is 1. The van der Waals surface area contributed by atoms with E-state index in [-0.39, 0.29) is 11.7 Å². The molecule has 2 aromatic rings. The molecule has 0 aromatic heterocycles. The number of hydrogen-bond donors (Lipinski definition) is 2. The zero-order valence-electron chi connectivity index (χ0n) is 15.8. The molecule has 0 unspecified atom stereocenters. The molecule has 1 heterocycles. The van der Waals surface area contributed by atoms with Crippen molar-refractivity contribution in [3.05, 3.63) is 64.2 Å². The van der Waals surface area contributed by atoms with Gasteiger partial charge in [0.15, 0.2) is 0 Å². The van der Waals surface area contributed by atoms with Gasteiger partial charge in [-0.1, -0.05) is 18.2 Å². The summed E-state index contributed by atoms with van der Waals surface area (Å²) in [5, 5.41) is 16.4. The molecule has 0 bridgehead atoms.